The third-order valence-corrected chi connectivity index (χ3v) is 6.33. The van der Waals surface area contributed by atoms with Crippen molar-refractivity contribution in [3.8, 4) is 5.75 Å². The number of hydrogen-bond donors (Lipinski definition) is 4. The van der Waals surface area contributed by atoms with Crippen molar-refractivity contribution < 1.29 is 29.6 Å². The number of aliphatic hydroxyl groups is 1. The summed E-state index contributed by atoms with van der Waals surface area (Å²) in [5.74, 6) is -2.74. The SMILES string of the molecule is COc1cccc2[nH]cc(CN3CCC(O)(c4ccc(I)cc4)CC3)c12.O=C(O)C(=O)O. The molecule has 0 radical (unpaired) electrons. The van der Waals surface area contributed by atoms with E-state index in [9.17, 15) is 5.11 Å². The Labute approximate surface area is 199 Å². The zero-order chi connectivity index (χ0) is 23.3. The first-order valence-electron chi connectivity index (χ1n) is 10.0. The van der Waals surface area contributed by atoms with Gasteiger partial charge in [0.15, 0.2) is 0 Å². The molecule has 9 heteroatoms. The Kier molecular flexibility index (Phi) is 7.75. The van der Waals surface area contributed by atoms with Gasteiger partial charge in [-0.05, 0) is 70.8 Å². The second-order valence-corrected chi connectivity index (χ2v) is 8.87. The maximum atomic E-state index is 11.1. The molecule has 0 saturated carbocycles. The number of likely N-dealkylation sites (tertiary alicyclic amines) is 1. The van der Waals surface area contributed by atoms with E-state index in [0.717, 1.165) is 54.7 Å². The van der Waals surface area contributed by atoms with Crippen molar-refractivity contribution in [1.29, 1.82) is 0 Å². The van der Waals surface area contributed by atoms with Gasteiger partial charge in [0.1, 0.15) is 5.75 Å². The Balaban J connectivity index is 0.000000427. The van der Waals surface area contributed by atoms with Gasteiger partial charge in [-0.15, -0.1) is 0 Å². The second kappa shape index (κ2) is 10.3. The lowest BCUT2D eigenvalue weighted by Crippen LogP contribution is -2.42. The van der Waals surface area contributed by atoms with Gasteiger partial charge in [0.05, 0.1) is 12.7 Å². The van der Waals surface area contributed by atoms with Crippen molar-refractivity contribution in [2.24, 2.45) is 0 Å². The molecule has 0 aliphatic carbocycles. The summed E-state index contributed by atoms with van der Waals surface area (Å²) in [4.78, 5) is 24.0. The summed E-state index contributed by atoms with van der Waals surface area (Å²) in [5, 5.41) is 27.0. The Morgan fingerprint density at radius 2 is 1.72 bits per heavy atom. The Hall–Kier alpha value is -2.63. The molecule has 0 amide bonds. The van der Waals surface area contributed by atoms with Crippen molar-refractivity contribution in [2.75, 3.05) is 20.2 Å². The molecule has 0 atom stereocenters. The van der Waals surface area contributed by atoms with Gasteiger partial charge in [-0.25, -0.2) is 9.59 Å². The van der Waals surface area contributed by atoms with Gasteiger partial charge in [0.25, 0.3) is 0 Å². The molecule has 1 aliphatic heterocycles. The summed E-state index contributed by atoms with van der Waals surface area (Å²) in [6, 6.07) is 14.3. The van der Waals surface area contributed by atoms with Gasteiger partial charge in [0, 0.05) is 40.3 Å². The highest BCUT2D eigenvalue weighted by atomic mass is 127. The largest absolute Gasteiger partial charge is 0.496 e. The minimum absolute atomic E-state index is 0.710. The molecule has 170 valence electrons. The molecular formula is C23H25IN2O6. The Bertz CT molecular complexity index is 1080. The molecular weight excluding hydrogens is 527 g/mol. The van der Waals surface area contributed by atoms with Crippen LogP contribution in [0.25, 0.3) is 10.9 Å². The number of aromatic amines is 1. The number of nitrogens with one attached hydrogen (secondary N) is 1. The van der Waals surface area contributed by atoms with E-state index < -0.39 is 17.5 Å². The van der Waals surface area contributed by atoms with Gasteiger partial charge in [-0.2, -0.15) is 0 Å². The van der Waals surface area contributed by atoms with E-state index in [1.165, 1.54) is 9.13 Å². The van der Waals surface area contributed by atoms with E-state index in [4.69, 9.17) is 24.5 Å². The zero-order valence-electron chi connectivity index (χ0n) is 17.5. The van der Waals surface area contributed by atoms with E-state index in [1.807, 2.05) is 12.1 Å². The number of piperidine rings is 1. The van der Waals surface area contributed by atoms with E-state index in [1.54, 1.807) is 7.11 Å². The maximum absolute atomic E-state index is 11.1. The minimum Gasteiger partial charge on any atom is -0.496 e. The van der Waals surface area contributed by atoms with Crippen LogP contribution >= 0.6 is 22.6 Å². The molecule has 0 bridgehead atoms. The average Bonchev–Trinajstić information content (AvgIpc) is 3.19. The lowest BCUT2D eigenvalue weighted by Gasteiger charge is -2.38. The minimum atomic E-state index is -1.82. The van der Waals surface area contributed by atoms with Crippen LogP contribution in [0, 0.1) is 3.57 Å². The number of carboxylic acids is 2. The van der Waals surface area contributed by atoms with Gasteiger partial charge < -0.3 is 25.0 Å². The smallest absolute Gasteiger partial charge is 0.414 e. The highest BCUT2D eigenvalue weighted by molar-refractivity contribution is 14.1. The van der Waals surface area contributed by atoms with Crippen LogP contribution in [-0.4, -0.2) is 57.3 Å². The molecule has 1 saturated heterocycles. The number of aliphatic carboxylic acids is 2. The predicted molar refractivity (Wildman–Crippen MR) is 128 cm³/mol. The predicted octanol–water partition coefficient (Wildman–Crippen LogP) is 3.42. The van der Waals surface area contributed by atoms with Crippen LogP contribution < -0.4 is 4.74 Å². The van der Waals surface area contributed by atoms with Crippen LogP contribution in [0.15, 0.2) is 48.7 Å². The van der Waals surface area contributed by atoms with Crippen molar-refractivity contribution >= 4 is 45.4 Å². The third kappa shape index (κ3) is 5.59. The van der Waals surface area contributed by atoms with Crippen molar-refractivity contribution in [3.63, 3.8) is 0 Å². The number of hydrogen-bond acceptors (Lipinski definition) is 5. The first-order valence-corrected chi connectivity index (χ1v) is 11.1. The van der Waals surface area contributed by atoms with Crippen LogP contribution in [0.1, 0.15) is 24.0 Å². The van der Waals surface area contributed by atoms with Crippen molar-refractivity contribution in [3.05, 3.63) is 63.4 Å². The topological polar surface area (TPSA) is 123 Å². The maximum Gasteiger partial charge on any atom is 0.414 e. The quantitative estimate of drug-likeness (QED) is 0.289. The van der Waals surface area contributed by atoms with E-state index in [-0.39, 0.29) is 0 Å². The number of methoxy groups -OCH3 is 1. The van der Waals surface area contributed by atoms with Gasteiger partial charge in [-0.3, -0.25) is 4.90 Å². The molecule has 4 rings (SSSR count). The number of ether oxygens (including phenoxy) is 1. The zero-order valence-corrected chi connectivity index (χ0v) is 19.7. The number of benzene rings is 2. The molecule has 32 heavy (non-hydrogen) atoms. The second-order valence-electron chi connectivity index (χ2n) is 7.62. The van der Waals surface area contributed by atoms with Crippen LogP contribution in [0.2, 0.25) is 0 Å². The highest BCUT2D eigenvalue weighted by Crippen LogP contribution is 2.35. The molecule has 0 spiro atoms. The third-order valence-electron chi connectivity index (χ3n) is 5.61. The lowest BCUT2D eigenvalue weighted by atomic mass is 9.84. The molecule has 3 aromatic rings. The number of halogens is 1. The summed E-state index contributed by atoms with van der Waals surface area (Å²) >= 11 is 2.30. The lowest BCUT2D eigenvalue weighted by molar-refractivity contribution is -0.159. The molecule has 1 aromatic heterocycles. The highest BCUT2D eigenvalue weighted by Gasteiger charge is 2.34. The van der Waals surface area contributed by atoms with Gasteiger partial charge in [0.2, 0.25) is 0 Å². The first kappa shape index (κ1) is 24.0. The normalized spacial score (nSPS) is 15.6. The van der Waals surface area contributed by atoms with E-state index in [0.29, 0.717) is 0 Å². The summed E-state index contributed by atoms with van der Waals surface area (Å²) in [6.07, 6.45) is 3.59. The first-order chi connectivity index (χ1) is 15.2. The number of carboxylic acid groups (broad SMARTS) is 2. The molecule has 0 unspecified atom stereocenters. The molecule has 1 fully saturated rings. The summed E-state index contributed by atoms with van der Waals surface area (Å²) in [5.41, 5.74) is 2.67. The van der Waals surface area contributed by atoms with E-state index in [2.05, 4.69) is 69.0 Å². The van der Waals surface area contributed by atoms with Crippen LogP contribution in [0.3, 0.4) is 0 Å². The van der Waals surface area contributed by atoms with Crippen LogP contribution in [0.4, 0.5) is 0 Å². The molecule has 2 aromatic carbocycles. The number of nitrogens with zero attached hydrogens (tertiary/aromatic N) is 1. The fraction of sp³-hybridized carbons (Fsp3) is 0.304. The summed E-state index contributed by atoms with van der Waals surface area (Å²) in [7, 11) is 1.72. The Morgan fingerprint density at radius 3 is 2.28 bits per heavy atom. The standard InChI is InChI=1S/C21H23IN2O2.C2H2O4/c1-26-19-4-2-3-18-20(19)15(13-23-18)14-24-11-9-21(25,10-12-24)16-5-7-17(22)8-6-16;3-1(4)2(5)6/h2-8,13,23,25H,9-12,14H2,1H3;(H,3,4)(H,5,6). The van der Waals surface area contributed by atoms with Crippen LogP contribution in [0.5, 0.6) is 5.75 Å². The molecule has 2 heterocycles. The average molecular weight is 552 g/mol. The number of carbonyl (C=O) groups is 2. The van der Waals surface area contributed by atoms with Gasteiger partial charge >= 0.3 is 11.9 Å². The number of aromatic nitrogens is 1. The van der Waals surface area contributed by atoms with Crippen LogP contribution in [-0.2, 0) is 21.7 Å². The van der Waals surface area contributed by atoms with Gasteiger partial charge in [-0.1, -0.05) is 18.2 Å². The number of rotatable bonds is 4. The fourth-order valence-electron chi connectivity index (χ4n) is 3.89. The summed E-state index contributed by atoms with van der Waals surface area (Å²) in [6.45, 7) is 2.62. The van der Waals surface area contributed by atoms with E-state index >= 15 is 0 Å². The number of fused-ring (bicyclic) bond motifs is 1. The van der Waals surface area contributed by atoms with Crippen molar-refractivity contribution in [1.82, 2.24) is 9.88 Å². The molecule has 4 N–H and O–H groups in total. The molecule has 1 aliphatic rings. The number of H-pyrrole nitrogens is 1. The molecule has 8 nitrogen and oxygen atoms in total. The monoisotopic (exact) mass is 552 g/mol. The fourth-order valence-corrected chi connectivity index (χ4v) is 4.24. The van der Waals surface area contributed by atoms with Crippen molar-refractivity contribution in [2.45, 2.75) is 25.0 Å². The Morgan fingerprint density at radius 1 is 1.09 bits per heavy atom. The summed E-state index contributed by atoms with van der Waals surface area (Å²) < 4.78 is 6.73.